The Morgan fingerprint density at radius 1 is 1.37 bits per heavy atom. The lowest BCUT2D eigenvalue weighted by atomic mass is 9.83. The molecule has 5 nitrogen and oxygen atoms in total. The molecular weight excluding hydrogens is 244 g/mol. The Kier molecular flexibility index (Phi) is 5.35. The van der Waals surface area contributed by atoms with Gasteiger partial charge in [-0.25, -0.2) is 0 Å². The van der Waals surface area contributed by atoms with E-state index in [4.69, 9.17) is 10.8 Å². The fourth-order valence-electron chi connectivity index (χ4n) is 2.35. The van der Waals surface area contributed by atoms with Crippen LogP contribution < -0.4 is 5.73 Å². The molecule has 0 radical (unpaired) electrons. The van der Waals surface area contributed by atoms with Crippen LogP contribution in [0.25, 0.3) is 0 Å². The summed E-state index contributed by atoms with van der Waals surface area (Å²) in [5, 5.41) is 8.90. The van der Waals surface area contributed by atoms with Gasteiger partial charge in [0, 0.05) is 25.4 Å². The second kappa shape index (κ2) is 6.37. The fraction of sp³-hybridized carbons (Fsp3) is 0.857. The third-order valence-corrected chi connectivity index (χ3v) is 4.20. The van der Waals surface area contributed by atoms with Crippen LogP contribution in [0.1, 0.15) is 40.0 Å². The van der Waals surface area contributed by atoms with Crippen molar-refractivity contribution < 1.29 is 14.7 Å². The minimum Gasteiger partial charge on any atom is -0.481 e. The molecule has 1 heterocycles. The second-order valence-corrected chi connectivity index (χ2v) is 6.39. The van der Waals surface area contributed by atoms with Crippen LogP contribution in [0.3, 0.4) is 0 Å². The van der Waals surface area contributed by atoms with Crippen LogP contribution >= 0.6 is 0 Å². The van der Waals surface area contributed by atoms with Crippen LogP contribution in [0.5, 0.6) is 0 Å². The monoisotopic (exact) mass is 270 g/mol. The van der Waals surface area contributed by atoms with E-state index in [0.29, 0.717) is 26.1 Å². The Balaban J connectivity index is 2.29. The predicted molar refractivity (Wildman–Crippen MR) is 73.6 cm³/mol. The molecular formula is C14H26N2O3. The Bertz CT molecular complexity index is 336. The highest BCUT2D eigenvalue weighted by Gasteiger charge is 2.37. The van der Waals surface area contributed by atoms with Gasteiger partial charge in [0.1, 0.15) is 0 Å². The van der Waals surface area contributed by atoms with Crippen molar-refractivity contribution in [2.75, 3.05) is 19.6 Å². The van der Waals surface area contributed by atoms with Crippen molar-refractivity contribution in [3.05, 3.63) is 0 Å². The molecule has 1 saturated heterocycles. The van der Waals surface area contributed by atoms with Gasteiger partial charge in [-0.15, -0.1) is 0 Å². The van der Waals surface area contributed by atoms with Gasteiger partial charge in [-0.3, -0.25) is 9.59 Å². The molecule has 110 valence electrons. The number of nitrogens with two attached hydrogens (primary N) is 1. The molecule has 1 aliphatic rings. The molecule has 1 aliphatic heterocycles. The van der Waals surface area contributed by atoms with Crippen LogP contribution in [0, 0.1) is 17.3 Å². The van der Waals surface area contributed by atoms with Gasteiger partial charge in [-0.1, -0.05) is 20.8 Å². The van der Waals surface area contributed by atoms with E-state index in [1.807, 2.05) is 0 Å². The van der Waals surface area contributed by atoms with Crippen LogP contribution in [-0.2, 0) is 9.59 Å². The number of carbonyl (C=O) groups is 2. The SMILES string of the molecule is CC(C(=O)O)C1CN(C(=O)CCC(C)(C)CCN)C1. The first-order valence-electron chi connectivity index (χ1n) is 6.97. The van der Waals surface area contributed by atoms with Crippen molar-refractivity contribution in [1.29, 1.82) is 0 Å². The summed E-state index contributed by atoms with van der Waals surface area (Å²) >= 11 is 0. The molecule has 1 unspecified atom stereocenters. The van der Waals surface area contributed by atoms with E-state index in [0.717, 1.165) is 12.8 Å². The molecule has 1 atom stereocenters. The molecule has 1 amide bonds. The minimum atomic E-state index is -0.777. The molecule has 0 aliphatic carbocycles. The largest absolute Gasteiger partial charge is 0.481 e. The van der Waals surface area contributed by atoms with Crippen molar-refractivity contribution >= 4 is 11.9 Å². The number of amides is 1. The van der Waals surface area contributed by atoms with Crippen LogP contribution in [0.15, 0.2) is 0 Å². The summed E-state index contributed by atoms with van der Waals surface area (Å²) in [6, 6.07) is 0. The van der Waals surface area contributed by atoms with Gasteiger partial charge in [0.2, 0.25) is 5.91 Å². The van der Waals surface area contributed by atoms with Gasteiger partial charge in [-0.05, 0) is 24.8 Å². The van der Waals surface area contributed by atoms with E-state index in [9.17, 15) is 9.59 Å². The quantitative estimate of drug-likeness (QED) is 0.731. The zero-order valence-corrected chi connectivity index (χ0v) is 12.2. The Hall–Kier alpha value is -1.10. The van der Waals surface area contributed by atoms with Crippen molar-refractivity contribution in [2.24, 2.45) is 23.0 Å². The number of nitrogens with zero attached hydrogens (tertiary/aromatic N) is 1. The first-order chi connectivity index (χ1) is 8.76. The smallest absolute Gasteiger partial charge is 0.306 e. The van der Waals surface area contributed by atoms with Gasteiger partial charge >= 0.3 is 5.97 Å². The molecule has 0 aromatic heterocycles. The molecule has 0 spiro atoms. The van der Waals surface area contributed by atoms with E-state index >= 15 is 0 Å². The molecule has 0 bridgehead atoms. The maximum Gasteiger partial charge on any atom is 0.306 e. The second-order valence-electron chi connectivity index (χ2n) is 6.39. The summed E-state index contributed by atoms with van der Waals surface area (Å²) in [7, 11) is 0. The lowest BCUT2D eigenvalue weighted by Gasteiger charge is -2.41. The molecule has 3 N–H and O–H groups in total. The number of hydrogen-bond acceptors (Lipinski definition) is 3. The van der Waals surface area contributed by atoms with Crippen LogP contribution in [-0.4, -0.2) is 41.5 Å². The highest BCUT2D eigenvalue weighted by Crippen LogP contribution is 2.29. The number of carboxylic acid groups (broad SMARTS) is 1. The normalized spacial score (nSPS) is 18.0. The lowest BCUT2D eigenvalue weighted by Crippen LogP contribution is -2.53. The Morgan fingerprint density at radius 3 is 2.42 bits per heavy atom. The van der Waals surface area contributed by atoms with Crippen molar-refractivity contribution in [2.45, 2.75) is 40.0 Å². The number of carbonyl (C=O) groups excluding carboxylic acids is 1. The molecule has 1 fully saturated rings. The molecule has 0 aromatic carbocycles. The van der Waals surface area contributed by atoms with Crippen molar-refractivity contribution in [1.82, 2.24) is 4.90 Å². The van der Waals surface area contributed by atoms with Gasteiger partial charge in [0.05, 0.1) is 5.92 Å². The summed E-state index contributed by atoms with van der Waals surface area (Å²) in [5.41, 5.74) is 5.65. The topological polar surface area (TPSA) is 83.6 Å². The molecule has 1 rings (SSSR count). The molecule has 0 saturated carbocycles. The Morgan fingerprint density at radius 2 is 1.95 bits per heavy atom. The fourth-order valence-corrected chi connectivity index (χ4v) is 2.35. The van der Waals surface area contributed by atoms with Crippen LogP contribution in [0.4, 0.5) is 0 Å². The number of rotatable bonds is 7. The van der Waals surface area contributed by atoms with E-state index in [-0.39, 0.29) is 23.2 Å². The average molecular weight is 270 g/mol. The zero-order chi connectivity index (χ0) is 14.6. The summed E-state index contributed by atoms with van der Waals surface area (Å²) in [5.74, 6) is -0.892. The summed E-state index contributed by atoms with van der Waals surface area (Å²) in [6.45, 7) is 7.77. The average Bonchev–Trinajstić information content (AvgIpc) is 2.24. The highest BCUT2D eigenvalue weighted by atomic mass is 16.4. The summed E-state index contributed by atoms with van der Waals surface area (Å²) in [4.78, 5) is 24.6. The Labute approximate surface area is 115 Å². The van der Waals surface area contributed by atoms with E-state index in [1.165, 1.54) is 0 Å². The maximum absolute atomic E-state index is 12.0. The molecule has 19 heavy (non-hydrogen) atoms. The van der Waals surface area contributed by atoms with Gasteiger partial charge in [0.25, 0.3) is 0 Å². The van der Waals surface area contributed by atoms with Crippen LogP contribution in [0.2, 0.25) is 0 Å². The van der Waals surface area contributed by atoms with E-state index < -0.39 is 5.97 Å². The number of hydrogen-bond donors (Lipinski definition) is 2. The van der Waals surface area contributed by atoms with Gasteiger partial charge in [-0.2, -0.15) is 0 Å². The van der Waals surface area contributed by atoms with Gasteiger partial charge in [0.15, 0.2) is 0 Å². The third kappa shape index (κ3) is 4.49. The third-order valence-electron chi connectivity index (χ3n) is 4.20. The summed E-state index contributed by atoms with van der Waals surface area (Å²) in [6.07, 6.45) is 2.28. The van der Waals surface area contributed by atoms with E-state index in [2.05, 4.69) is 13.8 Å². The summed E-state index contributed by atoms with van der Waals surface area (Å²) < 4.78 is 0. The number of aliphatic carboxylic acids is 1. The van der Waals surface area contributed by atoms with Crippen molar-refractivity contribution in [3.63, 3.8) is 0 Å². The maximum atomic E-state index is 12.0. The standard InChI is InChI=1S/C14H26N2O3/c1-10(13(18)19)11-8-16(9-11)12(17)4-5-14(2,3)6-7-15/h10-11H,4-9,15H2,1-3H3,(H,18,19). The zero-order valence-electron chi connectivity index (χ0n) is 12.2. The predicted octanol–water partition coefficient (Wildman–Crippen LogP) is 1.32. The first kappa shape index (κ1) is 16.0. The van der Waals surface area contributed by atoms with Crippen molar-refractivity contribution in [3.8, 4) is 0 Å². The van der Waals surface area contributed by atoms with E-state index in [1.54, 1.807) is 11.8 Å². The minimum absolute atomic E-state index is 0.100. The number of carboxylic acids is 1. The highest BCUT2D eigenvalue weighted by molar-refractivity contribution is 5.77. The number of likely N-dealkylation sites (tertiary alicyclic amines) is 1. The van der Waals surface area contributed by atoms with Gasteiger partial charge < -0.3 is 15.7 Å². The molecule has 5 heteroatoms. The first-order valence-corrected chi connectivity index (χ1v) is 6.97. The molecule has 0 aromatic rings. The lowest BCUT2D eigenvalue weighted by molar-refractivity contribution is -0.150.